The second-order valence-electron chi connectivity index (χ2n) is 4.49. The number of pyridine rings is 1. The quantitative estimate of drug-likeness (QED) is 0.803. The van der Waals surface area contributed by atoms with Crippen molar-refractivity contribution in [2.45, 2.75) is 25.7 Å². The lowest BCUT2D eigenvalue weighted by Gasteiger charge is -2.08. The highest BCUT2D eigenvalue weighted by Crippen LogP contribution is 2.41. The van der Waals surface area contributed by atoms with E-state index in [0.717, 1.165) is 29.1 Å². The number of carbonyl (C=O) groups is 1. The van der Waals surface area contributed by atoms with Crippen molar-refractivity contribution < 1.29 is 9.53 Å². The Morgan fingerprint density at radius 1 is 1.47 bits per heavy atom. The molecule has 4 nitrogen and oxygen atoms in total. The predicted octanol–water partition coefficient (Wildman–Crippen LogP) is 3.26. The molecule has 0 unspecified atom stereocenters. The summed E-state index contributed by atoms with van der Waals surface area (Å²) < 4.78 is 5.09. The fraction of sp³-hybridized carbons (Fsp3) is 0.357. The number of thiazole rings is 1. The highest BCUT2D eigenvalue weighted by Gasteiger charge is 2.30. The molecule has 0 N–H and O–H groups in total. The normalized spacial score (nSPS) is 14.4. The van der Waals surface area contributed by atoms with E-state index in [-0.39, 0.29) is 5.97 Å². The highest BCUT2D eigenvalue weighted by molar-refractivity contribution is 7.13. The lowest BCUT2D eigenvalue weighted by Crippen LogP contribution is -2.09. The van der Waals surface area contributed by atoms with Crippen LogP contribution in [-0.4, -0.2) is 22.5 Å². The maximum Gasteiger partial charge on any atom is 0.339 e. The molecule has 0 amide bonds. The van der Waals surface area contributed by atoms with Crippen LogP contribution in [0.1, 0.15) is 41.7 Å². The number of aromatic nitrogens is 2. The van der Waals surface area contributed by atoms with Gasteiger partial charge in [-0.25, -0.2) is 4.79 Å². The molecule has 0 aliphatic heterocycles. The third-order valence-electron chi connectivity index (χ3n) is 3.07. The van der Waals surface area contributed by atoms with Gasteiger partial charge in [0.15, 0.2) is 0 Å². The minimum Gasteiger partial charge on any atom is -0.462 e. The number of hydrogen-bond acceptors (Lipinski definition) is 5. The Labute approximate surface area is 115 Å². The molecule has 19 heavy (non-hydrogen) atoms. The summed E-state index contributed by atoms with van der Waals surface area (Å²) in [7, 11) is 0. The van der Waals surface area contributed by atoms with E-state index in [9.17, 15) is 4.79 Å². The van der Waals surface area contributed by atoms with Gasteiger partial charge in [-0.1, -0.05) is 0 Å². The first kappa shape index (κ1) is 12.3. The molecule has 0 saturated heterocycles. The minimum atomic E-state index is -0.271. The lowest BCUT2D eigenvalue weighted by atomic mass is 10.1. The van der Waals surface area contributed by atoms with Crippen molar-refractivity contribution in [2.75, 3.05) is 6.61 Å². The first-order valence-electron chi connectivity index (χ1n) is 6.36. The Hall–Kier alpha value is -1.75. The number of rotatable bonds is 4. The Morgan fingerprint density at radius 2 is 2.32 bits per heavy atom. The third-order valence-corrected chi connectivity index (χ3v) is 3.86. The zero-order valence-corrected chi connectivity index (χ0v) is 11.4. The molecular formula is C14H14N2O2S. The Bertz CT molecular complexity index is 591. The predicted molar refractivity (Wildman–Crippen MR) is 73.3 cm³/mol. The second kappa shape index (κ2) is 5.09. The average molecular weight is 274 g/mol. The van der Waals surface area contributed by atoms with Gasteiger partial charge in [-0.3, -0.25) is 9.97 Å². The van der Waals surface area contributed by atoms with Crippen molar-refractivity contribution in [3.05, 3.63) is 35.1 Å². The Morgan fingerprint density at radius 3 is 2.95 bits per heavy atom. The molecule has 0 atom stereocenters. The van der Waals surface area contributed by atoms with Crippen LogP contribution in [0.3, 0.4) is 0 Å². The molecule has 2 aromatic heterocycles. The molecule has 2 aromatic rings. The third kappa shape index (κ3) is 2.51. The number of ether oxygens (including phenoxy) is 1. The largest absolute Gasteiger partial charge is 0.462 e. The monoisotopic (exact) mass is 274 g/mol. The van der Waals surface area contributed by atoms with Crippen LogP contribution < -0.4 is 0 Å². The molecule has 0 bridgehead atoms. The van der Waals surface area contributed by atoms with Crippen LogP contribution in [0.2, 0.25) is 0 Å². The van der Waals surface area contributed by atoms with Crippen LogP contribution in [0.4, 0.5) is 0 Å². The SMILES string of the molecule is CCOC(=O)c1ccc(-c2cncs2)nc1C1CC1. The van der Waals surface area contributed by atoms with Crippen LogP contribution in [0, 0.1) is 0 Å². The van der Waals surface area contributed by atoms with Gasteiger partial charge in [0.05, 0.1) is 33.9 Å². The van der Waals surface area contributed by atoms with E-state index >= 15 is 0 Å². The first-order chi connectivity index (χ1) is 9.29. The summed E-state index contributed by atoms with van der Waals surface area (Å²) in [5, 5.41) is 0. The number of esters is 1. The molecule has 0 radical (unpaired) electrons. The zero-order chi connectivity index (χ0) is 13.2. The van der Waals surface area contributed by atoms with Gasteiger partial charge in [-0.2, -0.15) is 0 Å². The van der Waals surface area contributed by atoms with Crippen LogP contribution in [0.15, 0.2) is 23.8 Å². The number of hydrogen-bond donors (Lipinski definition) is 0. The fourth-order valence-corrected chi connectivity index (χ4v) is 2.60. The molecule has 2 heterocycles. The van der Waals surface area contributed by atoms with Crippen LogP contribution >= 0.6 is 11.3 Å². The zero-order valence-electron chi connectivity index (χ0n) is 10.6. The molecule has 1 aliphatic carbocycles. The van der Waals surface area contributed by atoms with E-state index in [1.165, 1.54) is 0 Å². The lowest BCUT2D eigenvalue weighted by molar-refractivity contribution is 0.0524. The van der Waals surface area contributed by atoms with Crippen LogP contribution in [0.5, 0.6) is 0 Å². The smallest absolute Gasteiger partial charge is 0.339 e. The van der Waals surface area contributed by atoms with Crippen molar-refractivity contribution in [1.29, 1.82) is 0 Å². The van der Waals surface area contributed by atoms with Crippen molar-refractivity contribution in [3.63, 3.8) is 0 Å². The van der Waals surface area contributed by atoms with Gasteiger partial charge in [0.2, 0.25) is 0 Å². The summed E-state index contributed by atoms with van der Waals surface area (Å²) in [6, 6.07) is 3.69. The highest BCUT2D eigenvalue weighted by atomic mass is 32.1. The van der Waals surface area contributed by atoms with Crippen LogP contribution in [-0.2, 0) is 4.74 Å². The Balaban J connectivity index is 2.00. The second-order valence-corrected chi connectivity index (χ2v) is 5.38. The summed E-state index contributed by atoms with van der Waals surface area (Å²) >= 11 is 1.55. The van der Waals surface area contributed by atoms with E-state index < -0.39 is 0 Å². The fourth-order valence-electron chi connectivity index (χ4n) is 2.00. The van der Waals surface area contributed by atoms with Crippen LogP contribution in [0.25, 0.3) is 10.6 Å². The molecule has 5 heteroatoms. The average Bonchev–Trinajstić information content (AvgIpc) is 3.13. The van der Waals surface area contributed by atoms with Crippen molar-refractivity contribution in [2.24, 2.45) is 0 Å². The van der Waals surface area contributed by atoms with Crippen molar-refractivity contribution in [1.82, 2.24) is 9.97 Å². The molecule has 1 fully saturated rings. The van der Waals surface area contributed by atoms with Crippen molar-refractivity contribution >= 4 is 17.3 Å². The number of carbonyl (C=O) groups excluding carboxylic acids is 1. The van der Waals surface area contributed by atoms with Gasteiger partial charge in [0, 0.05) is 12.1 Å². The standard InChI is InChI=1S/C14H14N2O2S/c1-2-18-14(17)10-5-6-11(12-7-15-8-19-12)16-13(10)9-3-4-9/h5-9H,2-4H2,1H3. The minimum absolute atomic E-state index is 0.271. The molecule has 0 aromatic carbocycles. The molecule has 1 saturated carbocycles. The van der Waals surface area contributed by atoms with Crippen molar-refractivity contribution in [3.8, 4) is 10.6 Å². The van der Waals surface area contributed by atoms with E-state index in [2.05, 4.69) is 9.97 Å². The van der Waals surface area contributed by atoms with Gasteiger partial charge in [0.1, 0.15) is 0 Å². The van der Waals surface area contributed by atoms with Gasteiger partial charge >= 0.3 is 5.97 Å². The molecule has 0 spiro atoms. The molecule has 98 valence electrons. The van der Waals surface area contributed by atoms with E-state index in [1.807, 2.05) is 19.1 Å². The topological polar surface area (TPSA) is 52.1 Å². The number of nitrogens with zero attached hydrogens (tertiary/aromatic N) is 2. The summed E-state index contributed by atoms with van der Waals surface area (Å²) in [5.74, 6) is 0.139. The molecular weight excluding hydrogens is 260 g/mol. The van der Waals surface area contributed by atoms with Gasteiger partial charge in [-0.15, -0.1) is 11.3 Å². The van der Waals surface area contributed by atoms with Gasteiger partial charge in [0.25, 0.3) is 0 Å². The molecule has 3 rings (SSSR count). The maximum absolute atomic E-state index is 11.9. The molecule has 1 aliphatic rings. The van der Waals surface area contributed by atoms with E-state index in [4.69, 9.17) is 4.74 Å². The van der Waals surface area contributed by atoms with E-state index in [0.29, 0.717) is 18.1 Å². The summed E-state index contributed by atoms with van der Waals surface area (Å²) in [6.45, 7) is 2.20. The summed E-state index contributed by atoms with van der Waals surface area (Å²) in [6.07, 6.45) is 4.00. The van der Waals surface area contributed by atoms with E-state index in [1.54, 1.807) is 23.0 Å². The van der Waals surface area contributed by atoms with Gasteiger partial charge < -0.3 is 4.74 Å². The summed E-state index contributed by atoms with van der Waals surface area (Å²) in [5.41, 5.74) is 4.16. The maximum atomic E-state index is 11.9. The van der Waals surface area contributed by atoms with Gasteiger partial charge in [-0.05, 0) is 31.9 Å². The first-order valence-corrected chi connectivity index (χ1v) is 7.24. The summed E-state index contributed by atoms with van der Waals surface area (Å²) in [4.78, 5) is 21.7. The Kier molecular flexibility index (Phi) is 3.29.